The SMILES string of the molecule is CC(=O)c1csc(NC(=O)c2csc(-c3ccc4c(c3)CCO4)[n+]2C)n1. The van der Waals surface area contributed by atoms with Gasteiger partial charge in [0.15, 0.2) is 10.9 Å². The Labute approximate surface area is 158 Å². The van der Waals surface area contributed by atoms with E-state index in [1.165, 1.54) is 35.2 Å². The van der Waals surface area contributed by atoms with Crippen LogP contribution in [0.25, 0.3) is 10.6 Å². The van der Waals surface area contributed by atoms with E-state index in [9.17, 15) is 9.59 Å². The molecule has 0 spiro atoms. The first-order valence-corrected chi connectivity index (χ1v) is 9.80. The highest BCUT2D eigenvalue weighted by Gasteiger charge is 2.26. The third-order valence-electron chi connectivity index (χ3n) is 4.20. The average Bonchev–Trinajstić information content (AvgIpc) is 3.33. The van der Waals surface area contributed by atoms with Crippen molar-refractivity contribution in [1.82, 2.24) is 4.98 Å². The molecule has 26 heavy (non-hydrogen) atoms. The quantitative estimate of drug-likeness (QED) is 0.552. The minimum absolute atomic E-state index is 0.120. The summed E-state index contributed by atoms with van der Waals surface area (Å²) in [5.74, 6) is 0.575. The molecule has 0 bridgehead atoms. The van der Waals surface area contributed by atoms with Crippen LogP contribution in [0, 0.1) is 0 Å². The van der Waals surface area contributed by atoms with Gasteiger partial charge in [-0.2, -0.15) is 4.57 Å². The lowest BCUT2D eigenvalue weighted by Gasteiger charge is -2.01. The number of anilines is 1. The van der Waals surface area contributed by atoms with Gasteiger partial charge in [0.25, 0.3) is 10.7 Å². The summed E-state index contributed by atoms with van der Waals surface area (Å²) in [6.07, 6.45) is 0.911. The summed E-state index contributed by atoms with van der Waals surface area (Å²) >= 11 is 2.75. The molecule has 6 nitrogen and oxygen atoms in total. The number of ether oxygens (including phenoxy) is 1. The zero-order chi connectivity index (χ0) is 18.3. The molecular formula is C18H16N3O3S2+. The number of fused-ring (bicyclic) bond motifs is 1. The Kier molecular flexibility index (Phi) is 4.29. The second-order valence-corrected chi connectivity index (χ2v) is 7.67. The number of amides is 1. The van der Waals surface area contributed by atoms with Crippen molar-refractivity contribution in [2.75, 3.05) is 11.9 Å². The predicted molar refractivity (Wildman–Crippen MR) is 100 cm³/mol. The number of hydrogen-bond acceptors (Lipinski definition) is 6. The normalized spacial score (nSPS) is 12.5. The van der Waals surface area contributed by atoms with E-state index in [0.717, 1.165) is 29.3 Å². The van der Waals surface area contributed by atoms with Gasteiger partial charge in [-0.1, -0.05) is 11.3 Å². The van der Waals surface area contributed by atoms with Crippen molar-refractivity contribution in [3.8, 4) is 16.3 Å². The molecule has 0 atom stereocenters. The van der Waals surface area contributed by atoms with Gasteiger partial charge >= 0.3 is 5.91 Å². The molecule has 1 N–H and O–H groups in total. The van der Waals surface area contributed by atoms with Crippen molar-refractivity contribution < 1.29 is 18.9 Å². The number of Topliss-reactive ketones (excluding diaryl/α,β-unsaturated/α-hetero) is 1. The van der Waals surface area contributed by atoms with E-state index in [0.29, 0.717) is 16.5 Å². The zero-order valence-electron chi connectivity index (χ0n) is 14.2. The van der Waals surface area contributed by atoms with Gasteiger partial charge in [-0.25, -0.2) is 4.98 Å². The number of nitrogens with zero attached hydrogens (tertiary/aromatic N) is 2. The van der Waals surface area contributed by atoms with E-state index >= 15 is 0 Å². The van der Waals surface area contributed by atoms with Gasteiger partial charge in [0.05, 0.1) is 17.6 Å². The first kappa shape index (κ1) is 16.9. The first-order chi connectivity index (χ1) is 12.5. The van der Waals surface area contributed by atoms with Crippen molar-refractivity contribution in [2.45, 2.75) is 13.3 Å². The van der Waals surface area contributed by atoms with E-state index in [-0.39, 0.29) is 11.7 Å². The molecule has 0 saturated carbocycles. The molecule has 1 aromatic carbocycles. The Bertz CT molecular complexity index is 1020. The summed E-state index contributed by atoms with van der Waals surface area (Å²) in [5, 5.41) is 7.65. The molecule has 1 aliphatic rings. The number of benzene rings is 1. The number of carbonyl (C=O) groups excluding carboxylic acids is 2. The Morgan fingerprint density at radius 3 is 2.88 bits per heavy atom. The topological polar surface area (TPSA) is 72.2 Å². The Balaban J connectivity index is 1.58. The standard InChI is InChI=1S/C18H15N3O3S2/c1-10(22)13-8-26-18(19-13)20-16(23)14-9-25-17(21(14)2)12-3-4-15-11(7-12)5-6-24-15/h3-4,7-9H,5-6H2,1-2H3/p+1. The summed E-state index contributed by atoms with van der Waals surface area (Å²) in [4.78, 5) is 28.0. The first-order valence-electron chi connectivity index (χ1n) is 8.04. The fourth-order valence-corrected chi connectivity index (χ4v) is 4.57. The molecule has 0 fully saturated rings. The molecule has 132 valence electrons. The number of nitrogens with one attached hydrogen (secondary N) is 1. The van der Waals surface area contributed by atoms with Crippen molar-refractivity contribution in [3.63, 3.8) is 0 Å². The monoisotopic (exact) mass is 386 g/mol. The highest BCUT2D eigenvalue weighted by molar-refractivity contribution is 7.14. The van der Waals surface area contributed by atoms with Crippen LogP contribution in [0.1, 0.15) is 33.5 Å². The van der Waals surface area contributed by atoms with E-state index in [1.54, 1.807) is 5.38 Å². The lowest BCUT2D eigenvalue weighted by Crippen LogP contribution is -2.37. The van der Waals surface area contributed by atoms with Crippen molar-refractivity contribution in [2.24, 2.45) is 7.05 Å². The van der Waals surface area contributed by atoms with Gasteiger partial charge < -0.3 is 4.74 Å². The highest BCUT2D eigenvalue weighted by atomic mass is 32.1. The van der Waals surface area contributed by atoms with Crippen molar-refractivity contribution >= 4 is 39.5 Å². The molecule has 8 heteroatoms. The molecule has 1 amide bonds. The molecule has 4 rings (SSSR count). The maximum atomic E-state index is 12.6. The van der Waals surface area contributed by atoms with Crippen LogP contribution >= 0.6 is 22.7 Å². The van der Waals surface area contributed by atoms with Crippen LogP contribution in [0.4, 0.5) is 5.13 Å². The molecule has 0 radical (unpaired) electrons. The van der Waals surface area contributed by atoms with Crippen LogP contribution in [0.15, 0.2) is 29.0 Å². The summed E-state index contributed by atoms with van der Waals surface area (Å²) in [6, 6.07) is 6.11. The maximum absolute atomic E-state index is 12.6. The number of thiazole rings is 2. The third-order valence-corrected chi connectivity index (χ3v) is 6.03. The summed E-state index contributed by atoms with van der Waals surface area (Å²) in [5.41, 5.74) is 3.16. The van der Waals surface area contributed by atoms with E-state index in [2.05, 4.69) is 16.4 Å². The number of rotatable bonds is 4. The van der Waals surface area contributed by atoms with Crippen LogP contribution in [-0.4, -0.2) is 23.3 Å². The predicted octanol–water partition coefficient (Wildman–Crippen LogP) is 3.09. The molecular weight excluding hydrogens is 370 g/mol. The van der Waals surface area contributed by atoms with Crippen LogP contribution in [0.3, 0.4) is 0 Å². The van der Waals surface area contributed by atoms with Crippen LogP contribution in [-0.2, 0) is 13.5 Å². The molecule has 0 saturated heterocycles. The molecule has 0 aliphatic carbocycles. The van der Waals surface area contributed by atoms with Gasteiger partial charge in [-0.05, 0) is 23.8 Å². The van der Waals surface area contributed by atoms with E-state index in [4.69, 9.17) is 4.74 Å². The third kappa shape index (κ3) is 3.02. The van der Waals surface area contributed by atoms with Gasteiger partial charge in [0.2, 0.25) is 0 Å². The van der Waals surface area contributed by atoms with Gasteiger partial charge in [0.1, 0.15) is 18.5 Å². The van der Waals surface area contributed by atoms with Gasteiger partial charge in [0, 0.05) is 18.7 Å². The van der Waals surface area contributed by atoms with Gasteiger partial charge in [-0.15, -0.1) is 11.3 Å². The van der Waals surface area contributed by atoms with Crippen molar-refractivity contribution in [1.29, 1.82) is 0 Å². The Morgan fingerprint density at radius 2 is 2.12 bits per heavy atom. The summed E-state index contributed by atoms with van der Waals surface area (Å²) < 4.78 is 7.42. The number of aromatic nitrogens is 2. The number of ketones is 1. The molecule has 2 aromatic heterocycles. The Morgan fingerprint density at radius 1 is 1.27 bits per heavy atom. The number of carbonyl (C=O) groups is 2. The largest absolute Gasteiger partial charge is 0.493 e. The lowest BCUT2D eigenvalue weighted by atomic mass is 10.1. The van der Waals surface area contributed by atoms with Crippen LogP contribution in [0.2, 0.25) is 0 Å². The fourth-order valence-electron chi connectivity index (χ4n) is 2.82. The van der Waals surface area contributed by atoms with Crippen LogP contribution in [0.5, 0.6) is 5.75 Å². The smallest absolute Gasteiger partial charge is 0.323 e. The molecule has 3 heterocycles. The average molecular weight is 386 g/mol. The molecule has 1 aliphatic heterocycles. The molecule has 0 unspecified atom stereocenters. The second kappa shape index (κ2) is 6.62. The zero-order valence-corrected chi connectivity index (χ0v) is 15.9. The van der Waals surface area contributed by atoms with E-state index < -0.39 is 0 Å². The number of hydrogen-bond donors (Lipinski definition) is 1. The lowest BCUT2D eigenvalue weighted by molar-refractivity contribution is -0.657. The second-order valence-electron chi connectivity index (χ2n) is 5.95. The van der Waals surface area contributed by atoms with Crippen LogP contribution < -0.4 is 14.6 Å². The minimum atomic E-state index is -0.246. The summed E-state index contributed by atoms with van der Waals surface area (Å²) in [6.45, 7) is 2.17. The van der Waals surface area contributed by atoms with E-state index in [1.807, 2.05) is 29.1 Å². The highest BCUT2D eigenvalue weighted by Crippen LogP contribution is 2.31. The maximum Gasteiger partial charge on any atom is 0.323 e. The van der Waals surface area contributed by atoms with Gasteiger partial charge in [-0.3, -0.25) is 14.9 Å². The fraction of sp³-hybridized carbons (Fsp3) is 0.222. The van der Waals surface area contributed by atoms with Crippen molar-refractivity contribution in [3.05, 3.63) is 45.9 Å². The minimum Gasteiger partial charge on any atom is -0.493 e. The summed E-state index contributed by atoms with van der Waals surface area (Å²) in [7, 11) is 1.87. The Hall–Kier alpha value is -2.58. The molecule has 3 aromatic rings.